The van der Waals surface area contributed by atoms with Crippen LogP contribution in [0.15, 0.2) is 29.4 Å². The summed E-state index contributed by atoms with van der Waals surface area (Å²) in [6.45, 7) is 11.8. The largest absolute Gasteiger partial charge is 0.478 e. The Labute approximate surface area is 155 Å². The fourth-order valence-corrected chi connectivity index (χ4v) is 2.65. The molecule has 0 aliphatic rings. The van der Waals surface area contributed by atoms with E-state index in [9.17, 15) is 0 Å². The maximum atomic E-state index is 5.56. The van der Waals surface area contributed by atoms with E-state index in [1.807, 2.05) is 30.7 Å². The molecule has 0 unspecified atom stereocenters. The molecule has 0 saturated heterocycles. The Morgan fingerprint density at radius 3 is 2.81 bits per heavy atom. The van der Waals surface area contributed by atoms with Crippen molar-refractivity contribution in [1.29, 1.82) is 0 Å². The van der Waals surface area contributed by atoms with Gasteiger partial charge < -0.3 is 15.4 Å². The molecule has 0 saturated carbocycles. The number of hydrogen-bond acceptors (Lipinski definition) is 4. The van der Waals surface area contributed by atoms with Gasteiger partial charge in [0.05, 0.1) is 18.8 Å². The summed E-state index contributed by atoms with van der Waals surface area (Å²) in [5.41, 5.74) is 3.24. The lowest BCUT2D eigenvalue weighted by Crippen LogP contribution is -2.38. The molecular weight excluding hydrogens is 328 g/mol. The highest BCUT2D eigenvalue weighted by Gasteiger charge is 2.05. The van der Waals surface area contributed by atoms with Gasteiger partial charge in [0.15, 0.2) is 5.96 Å². The summed E-state index contributed by atoms with van der Waals surface area (Å²) in [5, 5.41) is 11.1. The number of rotatable bonds is 9. The van der Waals surface area contributed by atoms with E-state index < -0.39 is 0 Å². The predicted molar refractivity (Wildman–Crippen MR) is 105 cm³/mol. The molecule has 0 bridgehead atoms. The number of aryl methyl sites for hydroxylation is 3. The van der Waals surface area contributed by atoms with Crippen LogP contribution in [0.3, 0.4) is 0 Å². The fourth-order valence-electron chi connectivity index (χ4n) is 2.65. The third kappa shape index (κ3) is 6.06. The van der Waals surface area contributed by atoms with Gasteiger partial charge in [-0.25, -0.2) is 9.98 Å². The van der Waals surface area contributed by atoms with Gasteiger partial charge >= 0.3 is 0 Å². The van der Waals surface area contributed by atoms with E-state index in [1.54, 1.807) is 6.20 Å². The van der Waals surface area contributed by atoms with Gasteiger partial charge in [0, 0.05) is 37.1 Å². The van der Waals surface area contributed by atoms with Crippen LogP contribution in [0.4, 0.5) is 0 Å². The number of ether oxygens (including phenoxy) is 1. The lowest BCUT2D eigenvalue weighted by Gasteiger charge is -2.12. The van der Waals surface area contributed by atoms with Crippen molar-refractivity contribution in [1.82, 2.24) is 25.4 Å². The number of hydrogen-bond donors (Lipinski definition) is 2. The van der Waals surface area contributed by atoms with Crippen LogP contribution in [0.2, 0.25) is 0 Å². The van der Waals surface area contributed by atoms with Crippen LogP contribution in [0, 0.1) is 13.8 Å². The summed E-state index contributed by atoms with van der Waals surface area (Å²) in [7, 11) is 0. The Hall–Kier alpha value is -2.57. The fraction of sp³-hybridized carbons (Fsp3) is 0.526. The Morgan fingerprint density at radius 1 is 1.27 bits per heavy atom. The molecule has 0 fully saturated rings. The quantitative estimate of drug-likeness (QED) is 0.409. The SMILES string of the molecule is CCNC(=NCc1cccnc1OCC)NCCCn1nc(C)cc1C. The lowest BCUT2D eigenvalue weighted by molar-refractivity contribution is 0.323. The van der Waals surface area contributed by atoms with Crippen LogP contribution in [-0.4, -0.2) is 40.4 Å². The van der Waals surface area contributed by atoms with Crippen molar-refractivity contribution >= 4 is 5.96 Å². The van der Waals surface area contributed by atoms with E-state index in [1.165, 1.54) is 5.69 Å². The van der Waals surface area contributed by atoms with Gasteiger partial charge in [-0.2, -0.15) is 5.10 Å². The molecule has 2 heterocycles. The molecule has 0 radical (unpaired) electrons. The first-order valence-electron chi connectivity index (χ1n) is 9.24. The maximum absolute atomic E-state index is 5.56. The smallest absolute Gasteiger partial charge is 0.218 e. The summed E-state index contributed by atoms with van der Waals surface area (Å²) in [6.07, 6.45) is 2.71. The molecular formula is C19H30N6O. The van der Waals surface area contributed by atoms with E-state index >= 15 is 0 Å². The first-order valence-corrected chi connectivity index (χ1v) is 9.24. The summed E-state index contributed by atoms with van der Waals surface area (Å²) in [5.74, 6) is 1.45. The van der Waals surface area contributed by atoms with Crippen LogP contribution in [0.25, 0.3) is 0 Å². The predicted octanol–water partition coefficient (Wildman–Crippen LogP) is 2.44. The van der Waals surface area contributed by atoms with Crippen molar-refractivity contribution in [3.63, 3.8) is 0 Å². The van der Waals surface area contributed by atoms with E-state index in [-0.39, 0.29) is 0 Å². The molecule has 0 aromatic carbocycles. The van der Waals surface area contributed by atoms with E-state index in [0.717, 1.165) is 43.3 Å². The van der Waals surface area contributed by atoms with Crippen molar-refractivity contribution in [3.05, 3.63) is 41.3 Å². The molecule has 0 aliphatic heterocycles. The summed E-state index contributed by atoms with van der Waals surface area (Å²) < 4.78 is 7.61. The first-order chi connectivity index (χ1) is 12.6. The molecule has 2 aromatic rings. The summed E-state index contributed by atoms with van der Waals surface area (Å²) in [6, 6.07) is 6.00. The molecule has 0 atom stereocenters. The molecule has 0 amide bonds. The molecule has 2 rings (SSSR count). The zero-order valence-electron chi connectivity index (χ0n) is 16.2. The Bertz CT molecular complexity index is 710. The zero-order chi connectivity index (χ0) is 18.8. The standard InChI is InChI=1S/C19H30N6O/c1-5-20-19(22-11-8-12-25-16(4)13-15(3)24-25)23-14-17-9-7-10-21-18(17)26-6-2/h7,9-10,13H,5-6,8,11-12,14H2,1-4H3,(H2,20,22,23). The van der Waals surface area contributed by atoms with Crippen molar-refractivity contribution in [3.8, 4) is 5.88 Å². The lowest BCUT2D eigenvalue weighted by atomic mass is 10.3. The summed E-state index contributed by atoms with van der Waals surface area (Å²) in [4.78, 5) is 8.91. The monoisotopic (exact) mass is 358 g/mol. The normalized spacial score (nSPS) is 11.5. The highest BCUT2D eigenvalue weighted by molar-refractivity contribution is 5.79. The highest BCUT2D eigenvalue weighted by Crippen LogP contribution is 2.15. The third-order valence-corrected chi connectivity index (χ3v) is 3.83. The topological polar surface area (TPSA) is 76.4 Å². The Morgan fingerprint density at radius 2 is 2.12 bits per heavy atom. The zero-order valence-corrected chi connectivity index (χ0v) is 16.2. The van der Waals surface area contributed by atoms with Gasteiger partial charge in [-0.3, -0.25) is 4.68 Å². The second-order valence-electron chi connectivity index (χ2n) is 6.03. The van der Waals surface area contributed by atoms with Crippen LogP contribution >= 0.6 is 0 Å². The molecule has 2 N–H and O–H groups in total. The Balaban J connectivity index is 1.87. The number of nitrogens with zero attached hydrogens (tertiary/aromatic N) is 4. The van der Waals surface area contributed by atoms with Gasteiger partial charge in [-0.05, 0) is 46.2 Å². The number of nitrogens with one attached hydrogen (secondary N) is 2. The van der Waals surface area contributed by atoms with Gasteiger partial charge in [0.25, 0.3) is 0 Å². The highest BCUT2D eigenvalue weighted by atomic mass is 16.5. The van der Waals surface area contributed by atoms with E-state index in [2.05, 4.69) is 45.6 Å². The van der Waals surface area contributed by atoms with E-state index in [4.69, 9.17) is 4.74 Å². The second kappa shape index (κ2) is 10.4. The maximum Gasteiger partial charge on any atom is 0.218 e. The molecule has 0 aliphatic carbocycles. The number of guanidine groups is 1. The van der Waals surface area contributed by atoms with Crippen LogP contribution in [0.5, 0.6) is 5.88 Å². The van der Waals surface area contributed by atoms with Crippen LogP contribution in [-0.2, 0) is 13.1 Å². The van der Waals surface area contributed by atoms with Crippen LogP contribution < -0.4 is 15.4 Å². The average molecular weight is 358 g/mol. The minimum absolute atomic E-state index is 0.524. The van der Waals surface area contributed by atoms with Crippen molar-refractivity contribution in [2.24, 2.45) is 4.99 Å². The number of aliphatic imine (C=N–C) groups is 1. The van der Waals surface area contributed by atoms with Crippen molar-refractivity contribution in [2.45, 2.75) is 47.2 Å². The average Bonchev–Trinajstić information content (AvgIpc) is 2.95. The molecule has 7 heteroatoms. The van der Waals surface area contributed by atoms with Gasteiger partial charge in [0.1, 0.15) is 0 Å². The second-order valence-corrected chi connectivity index (χ2v) is 6.03. The molecule has 7 nitrogen and oxygen atoms in total. The van der Waals surface area contributed by atoms with Gasteiger partial charge in [0.2, 0.25) is 5.88 Å². The Kier molecular flexibility index (Phi) is 7.92. The minimum atomic E-state index is 0.524. The minimum Gasteiger partial charge on any atom is -0.478 e. The molecule has 142 valence electrons. The molecule has 2 aromatic heterocycles. The first kappa shape index (κ1) is 19.8. The van der Waals surface area contributed by atoms with Gasteiger partial charge in [-0.1, -0.05) is 6.07 Å². The third-order valence-electron chi connectivity index (χ3n) is 3.83. The molecule has 26 heavy (non-hydrogen) atoms. The number of aromatic nitrogens is 3. The van der Waals surface area contributed by atoms with Gasteiger partial charge in [-0.15, -0.1) is 0 Å². The summed E-state index contributed by atoms with van der Waals surface area (Å²) >= 11 is 0. The number of pyridine rings is 1. The van der Waals surface area contributed by atoms with Crippen LogP contribution in [0.1, 0.15) is 37.2 Å². The van der Waals surface area contributed by atoms with Crippen molar-refractivity contribution in [2.75, 3.05) is 19.7 Å². The van der Waals surface area contributed by atoms with Crippen molar-refractivity contribution < 1.29 is 4.74 Å². The molecule has 0 spiro atoms. The van der Waals surface area contributed by atoms with E-state index in [0.29, 0.717) is 19.0 Å².